The first-order chi connectivity index (χ1) is 1.73. The summed E-state index contributed by atoms with van der Waals surface area (Å²) in [5.74, 6) is 0. The molecule has 0 N–H and O–H groups in total. The Hall–Kier alpha value is 1.48. The summed E-state index contributed by atoms with van der Waals surface area (Å²) in [6.07, 6.45) is 0. The van der Waals surface area contributed by atoms with E-state index < -0.39 is 7.32 Å². The van der Waals surface area contributed by atoms with Crippen molar-refractivity contribution in [1.29, 1.82) is 0 Å². The third kappa shape index (κ3) is 50.3. The van der Waals surface area contributed by atoms with Gasteiger partial charge in [0.1, 0.15) is 0 Å². The Bertz CT molecular complexity index is 13.5. The number of hydrogen-bond donors (Lipinski definition) is 0. The summed E-state index contributed by atoms with van der Waals surface area (Å²) in [7, 11) is -2.92. The molecule has 24 valence electrons. The molecule has 0 bridgehead atoms. The van der Waals surface area contributed by atoms with Crippen LogP contribution in [-0.4, -0.2) is 53.4 Å². The summed E-state index contributed by atoms with van der Waals surface area (Å²) in [6, 6.07) is 0. The standard InChI is InChI=1S/BO3.2Mg/c2-1(3)4;;/q-3;2*+2. The maximum absolute atomic E-state index is 8.42. The summed E-state index contributed by atoms with van der Waals surface area (Å²) in [6.45, 7) is 0. The fourth-order valence-corrected chi connectivity index (χ4v) is 0. The van der Waals surface area contributed by atoms with E-state index in [-0.39, 0.29) is 46.1 Å². The van der Waals surface area contributed by atoms with E-state index in [0.29, 0.717) is 0 Å². The predicted octanol–water partition coefficient (Wildman–Crippen LogP) is -4.71. The fourth-order valence-electron chi connectivity index (χ4n) is 0. The van der Waals surface area contributed by atoms with Crippen LogP contribution >= 0.6 is 0 Å². The van der Waals surface area contributed by atoms with Crippen LogP contribution in [0.1, 0.15) is 0 Å². The van der Waals surface area contributed by atoms with Crippen LogP contribution in [0.5, 0.6) is 0 Å². The fraction of sp³-hybridized carbons (Fsp3) is 0. The molecule has 0 saturated heterocycles. The molecule has 0 amide bonds. The van der Waals surface area contributed by atoms with Crippen molar-refractivity contribution in [1.82, 2.24) is 0 Å². The minimum atomic E-state index is -2.92. The van der Waals surface area contributed by atoms with Crippen molar-refractivity contribution in [3.05, 3.63) is 0 Å². The summed E-state index contributed by atoms with van der Waals surface area (Å²) in [4.78, 5) is 0. The molecule has 0 aromatic carbocycles. The molecular weight excluding hydrogens is 107 g/mol. The second kappa shape index (κ2) is 9.69. The molecule has 0 atom stereocenters. The first kappa shape index (κ1) is 15.6. The minimum absolute atomic E-state index is 0. The molecule has 0 saturated carbocycles. The van der Waals surface area contributed by atoms with Gasteiger partial charge in [0.2, 0.25) is 0 Å². The van der Waals surface area contributed by atoms with Gasteiger partial charge < -0.3 is 15.1 Å². The van der Waals surface area contributed by atoms with Crippen LogP contribution < -0.4 is 15.1 Å². The molecule has 0 aliphatic carbocycles. The second-order valence-electron chi connectivity index (χ2n) is 0.289. The molecule has 6 heteroatoms. The quantitative estimate of drug-likeness (QED) is 0.292. The van der Waals surface area contributed by atoms with E-state index in [2.05, 4.69) is 0 Å². The van der Waals surface area contributed by atoms with Gasteiger partial charge in [-0.1, -0.05) is 0 Å². The van der Waals surface area contributed by atoms with Gasteiger partial charge in [-0.2, -0.15) is 0 Å². The number of hydrogen-bond acceptors (Lipinski definition) is 3. The van der Waals surface area contributed by atoms with E-state index >= 15 is 0 Å². The zero-order valence-electron chi connectivity index (χ0n) is 3.22. The minimum Gasteiger partial charge on any atom is -0.907 e. The first-order valence-corrected chi connectivity index (χ1v) is 0.707. The topological polar surface area (TPSA) is 69.2 Å². The van der Waals surface area contributed by atoms with Crippen molar-refractivity contribution < 1.29 is 15.1 Å². The molecule has 0 fully saturated rings. The second-order valence-corrected chi connectivity index (χ2v) is 0.289. The van der Waals surface area contributed by atoms with Crippen LogP contribution in [0, 0.1) is 0 Å². The van der Waals surface area contributed by atoms with E-state index in [1.165, 1.54) is 0 Å². The van der Waals surface area contributed by atoms with Gasteiger partial charge in [0.15, 0.2) is 0 Å². The normalized spacial score (nSPS) is 4.50. The average Bonchev–Trinajstić information content (AvgIpc) is 0.811. The van der Waals surface area contributed by atoms with Gasteiger partial charge in [0.05, 0.1) is 0 Å². The smallest absolute Gasteiger partial charge is 0.907 e. The zero-order chi connectivity index (χ0) is 3.58. The maximum atomic E-state index is 8.42. The Balaban J connectivity index is -0.0000000450. The van der Waals surface area contributed by atoms with E-state index in [1.807, 2.05) is 0 Å². The predicted molar refractivity (Wildman–Crippen MR) is 17.3 cm³/mol. The van der Waals surface area contributed by atoms with Gasteiger partial charge in [-0.15, -0.1) is 0 Å². The molecule has 0 aromatic rings. The maximum Gasteiger partial charge on any atom is 2.00 e. The molecule has 0 spiro atoms. The van der Waals surface area contributed by atoms with Crippen molar-refractivity contribution in [2.75, 3.05) is 0 Å². The molecule has 0 unspecified atom stereocenters. The van der Waals surface area contributed by atoms with Crippen LogP contribution in [0.4, 0.5) is 0 Å². The Labute approximate surface area is 68.2 Å². The van der Waals surface area contributed by atoms with Crippen LogP contribution in [0.15, 0.2) is 0 Å². The molecule has 0 aliphatic heterocycles. The summed E-state index contributed by atoms with van der Waals surface area (Å²) < 4.78 is 0. The van der Waals surface area contributed by atoms with Crippen LogP contribution in [0.2, 0.25) is 0 Å². The van der Waals surface area contributed by atoms with Gasteiger partial charge >= 0.3 is 46.1 Å². The number of rotatable bonds is 0. The van der Waals surface area contributed by atoms with Crippen LogP contribution in [0.3, 0.4) is 0 Å². The SMILES string of the molecule is [Mg+2].[Mg+2].[O-]B([O-])[O-]. The molecule has 0 heterocycles. The Morgan fingerprint density at radius 3 is 0.833 bits per heavy atom. The monoisotopic (exact) mass is 107 g/mol. The van der Waals surface area contributed by atoms with Crippen molar-refractivity contribution >= 4 is 53.4 Å². The zero-order valence-corrected chi connectivity index (χ0v) is 6.04. The van der Waals surface area contributed by atoms with Crippen molar-refractivity contribution in [2.45, 2.75) is 0 Å². The Kier molecular flexibility index (Phi) is 25.3. The molecule has 0 rings (SSSR count). The average molecular weight is 107 g/mol. The molecule has 0 radical (unpaired) electrons. The van der Waals surface area contributed by atoms with Gasteiger partial charge in [-0.05, 0) is 0 Å². The van der Waals surface area contributed by atoms with Crippen LogP contribution in [-0.2, 0) is 0 Å². The van der Waals surface area contributed by atoms with E-state index in [0.717, 1.165) is 0 Å². The summed E-state index contributed by atoms with van der Waals surface area (Å²) in [5, 5.41) is 25.2. The first-order valence-electron chi connectivity index (χ1n) is 0.707. The van der Waals surface area contributed by atoms with Gasteiger partial charge in [0, 0.05) is 0 Å². The molecule has 3 nitrogen and oxygen atoms in total. The Morgan fingerprint density at radius 1 is 0.833 bits per heavy atom. The molecule has 0 aliphatic rings. The Morgan fingerprint density at radius 2 is 0.833 bits per heavy atom. The van der Waals surface area contributed by atoms with Gasteiger partial charge in [0.25, 0.3) is 0 Å². The van der Waals surface area contributed by atoms with Gasteiger partial charge in [-0.25, -0.2) is 0 Å². The third-order valence-corrected chi connectivity index (χ3v) is 0. The van der Waals surface area contributed by atoms with Crippen LogP contribution in [0.25, 0.3) is 0 Å². The van der Waals surface area contributed by atoms with Crippen molar-refractivity contribution in [2.24, 2.45) is 0 Å². The van der Waals surface area contributed by atoms with Crippen molar-refractivity contribution in [3.63, 3.8) is 0 Å². The van der Waals surface area contributed by atoms with E-state index in [4.69, 9.17) is 15.1 Å². The van der Waals surface area contributed by atoms with E-state index in [1.54, 1.807) is 0 Å². The third-order valence-electron chi connectivity index (χ3n) is 0. The molecular formula is BMg2O3+. The molecule has 0 aromatic heterocycles. The van der Waals surface area contributed by atoms with Crippen molar-refractivity contribution in [3.8, 4) is 0 Å². The van der Waals surface area contributed by atoms with E-state index in [9.17, 15) is 0 Å². The molecule has 6 heavy (non-hydrogen) atoms. The van der Waals surface area contributed by atoms with Gasteiger partial charge in [-0.3, -0.25) is 7.32 Å². The summed E-state index contributed by atoms with van der Waals surface area (Å²) in [5.41, 5.74) is 0. The summed E-state index contributed by atoms with van der Waals surface area (Å²) >= 11 is 0. The largest absolute Gasteiger partial charge is 2.00 e.